The van der Waals surface area contributed by atoms with Crippen molar-refractivity contribution in [2.45, 2.75) is 39.1 Å². The Kier molecular flexibility index (Phi) is 5.51. The fourth-order valence-corrected chi connectivity index (χ4v) is 5.82. The molecule has 0 spiro atoms. The number of nitrogens with zero attached hydrogens (tertiary/aromatic N) is 1. The molecule has 0 aliphatic carbocycles. The largest absolute Gasteiger partial charge is 0.329 e. The van der Waals surface area contributed by atoms with Crippen molar-refractivity contribution in [2.75, 3.05) is 26.2 Å². The molecule has 0 bridgehead atoms. The monoisotopic (exact) mass is 373 g/mol. The zero-order chi connectivity index (χ0) is 18.9. The fraction of sp³-hybridized carbons (Fsp3) is 0.429. The highest BCUT2D eigenvalue weighted by Gasteiger charge is 2.33. The van der Waals surface area contributed by atoms with Crippen molar-refractivity contribution in [3.63, 3.8) is 0 Å². The van der Waals surface area contributed by atoms with Crippen molar-refractivity contribution >= 4 is 10.0 Å². The molecule has 2 aromatic carbocycles. The van der Waals surface area contributed by atoms with Gasteiger partial charge in [-0.25, -0.2) is 8.42 Å². The Hall–Kier alpha value is -1.69. The molecule has 0 atom stereocenters. The first-order chi connectivity index (χ1) is 12.3. The van der Waals surface area contributed by atoms with Crippen LogP contribution in [0.15, 0.2) is 41.3 Å². The minimum Gasteiger partial charge on any atom is -0.329 e. The van der Waals surface area contributed by atoms with Gasteiger partial charge < -0.3 is 4.90 Å². The van der Waals surface area contributed by atoms with Crippen LogP contribution in [-0.4, -0.2) is 38.9 Å². The standard InChI is InChI=1S/C21H28N2O2S/c1-16-14-17(2)19(4)21(18(16)3)26(24,25)23-12-10-22(11-13-23)15-20-8-6-5-7-9-20/h5-9,14H,10-13,15H2,1-4H3/p+1. The van der Waals surface area contributed by atoms with Gasteiger partial charge in [-0.05, 0) is 49.9 Å². The first-order valence-electron chi connectivity index (χ1n) is 9.25. The predicted molar refractivity (Wildman–Crippen MR) is 105 cm³/mol. The number of sulfonamides is 1. The van der Waals surface area contributed by atoms with Crippen molar-refractivity contribution in [3.05, 3.63) is 64.2 Å². The van der Waals surface area contributed by atoms with E-state index >= 15 is 0 Å². The van der Waals surface area contributed by atoms with Crippen molar-refractivity contribution in [1.29, 1.82) is 0 Å². The molecule has 0 aromatic heterocycles. The molecular weight excluding hydrogens is 344 g/mol. The Morgan fingerprint density at radius 3 is 2.00 bits per heavy atom. The first-order valence-corrected chi connectivity index (χ1v) is 10.7. The average Bonchev–Trinajstić information content (AvgIpc) is 2.61. The van der Waals surface area contributed by atoms with Gasteiger partial charge in [0, 0.05) is 5.56 Å². The molecule has 2 aromatic rings. The quantitative estimate of drug-likeness (QED) is 0.891. The summed E-state index contributed by atoms with van der Waals surface area (Å²) in [7, 11) is -3.44. The highest BCUT2D eigenvalue weighted by molar-refractivity contribution is 7.89. The summed E-state index contributed by atoms with van der Waals surface area (Å²) in [5, 5.41) is 0. The van der Waals surface area contributed by atoms with Gasteiger partial charge in [0.2, 0.25) is 10.0 Å². The van der Waals surface area contributed by atoms with Gasteiger partial charge in [-0.1, -0.05) is 36.4 Å². The molecule has 0 radical (unpaired) electrons. The van der Waals surface area contributed by atoms with E-state index in [1.165, 1.54) is 10.5 Å². The van der Waals surface area contributed by atoms with Crippen LogP contribution in [0.1, 0.15) is 27.8 Å². The molecule has 1 heterocycles. The first kappa shape index (κ1) is 19.1. The van der Waals surface area contributed by atoms with Crippen LogP contribution in [0, 0.1) is 27.7 Å². The van der Waals surface area contributed by atoms with Crippen molar-refractivity contribution in [1.82, 2.24) is 4.31 Å². The van der Waals surface area contributed by atoms with Gasteiger partial charge >= 0.3 is 0 Å². The van der Waals surface area contributed by atoms with E-state index in [-0.39, 0.29) is 0 Å². The smallest absolute Gasteiger partial charge is 0.244 e. The van der Waals surface area contributed by atoms with Crippen molar-refractivity contribution < 1.29 is 13.3 Å². The number of benzene rings is 2. The number of quaternary nitrogens is 1. The Bertz CT molecular complexity index is 858. The van der Waals surface area contributed by atoms with Gasteiger partial charge in [-0.3, -0.25) is 0 Å². The zero-order valence-corrected chi connectivity index (χ0v) is 17.0. The Morgan fingerprint density at radius 2 is 1.46 bits per heavy atom. The minimum atomic E-state index is -3.44. The molecule has 1 aliphatic rings. The van der Waals surface area contributed by atoms with E-state index in [2.05, 4.69) is 30.3 Å². The number of aryl methyl sites for hydroxylation is 2. The van der Waals surface area contributed by atoms with E-state index in [4.69, 9.17) is 0 Å². The van der Waals surface area contributed by atoms with Gasteiger partial charge in [0.1, 0.15) is 6.54 Å². The van der Waals surface area contributed by atoms with Gasteiger partial charge in [0.05, 0.1) is 31.1 Å². The Balaban J connectivity index is 1.77. The predicted octanol–water partition coefficient (Wildman–Crippen LogP) is 2.01. The average molecular weight is 374 g/mol. The van der Waals surface area contributed by atoms with Gasteiger partial charge in [-0.2, -0.15) is 4.31 Å². The lowest BCUT2D eigenvalue weighted by atomic mass is 10.0. The maximum absolute atomic E-state index is 13.3. The third-order valence-corrected chi connectivity index (χ3v) is 7.79. The number of piperazine rings is 1. The Morgan fingerprint density at radius 1 is 0.923 bits per heavy atom. The normalized spacial score (nSPS) is 16.8. The molecular formula is C21H29N2O2S+. The van der Waals surface area contributed by atoms with Crippen LogP contribution in [0.25, 0.3) is 0 Å². The third kappa shape index (κ3) is 3.70. The summed E-state index contributed by atoms with van der Waals surface area (Å²) in [6.45, 7) is 11.6. The second-order valence-corrected chi connectivity index (χ2v) is 9.28. The van der Waals surface area contributed by atoms with Crippen LogP contribution < -0.4 is 4.90 Å². The van der Waals surface area contributed by atoms with E-state index in [0.29, 0.717) is 18.0 Å². The third-order valence-electron chi connectivity index (χ3n) is 5.62. The van der Waals surface area contributed by atoms with Crippen LogP contribution in [-0.2, 0) is 16.6 Å². The van der Waals surface area contributed by atoms with E-state index in [9.17, 15) is 8.42 Å². The SMILES string of the molecule is Cc1cc(C)c(C)c(S(=O)(=O)N2CC[NH+](Cc3ccccc3)CC2)c1C. The lowest BCUT2D eigenvalue weighted by Crippen LogP contribution is -3.13. The molecule has 3 rings (SSSR count). The van der Waals surface area contributed by atoms with Crippen LogP contribution in [0.4, 0.5) is 0 Å². The van der Waals surface area contributed by atoms with Crippen molar-refractivity contribution in [3.8, 4) is 0 Å². The van der Waals surface area contributed by atoms with E-state index < -0.39 is 10.0 Å². The summed E-state index contributed by atoms with van der Waals surface area (Å²) in [5.41, 5.74) is 5.15. The number of hydrogen-bond donors (Lipinski definition) is 1. The zero-order valence-electron chi connectivity index (χ0n) is 16.2. The van der Waals surface area contributed by atoms with Crippen molar-refractivity contribution in [2.24, 2.45) is 0 Å². The molecule has 0 unspecified atom stereocenters. The molecule has 1 saturated heterocycles. The summed E-state index contributed by atoms with van der Waals surface area (Å²) in [6.07, 6.45) is 0. The molecule has 0 amide bonds. The molecule has 140 valence electrons. The van der Waals surface area contributed by atoms with E-state index in [1.54, 1.807) is 4.31 Å². The highest BCUT2D eigenvalue weighted by Crippen LogP contribution is 2.28. The Labute approximate surface area is 157 Å². The highest BCUT2D eigenvalue weighted by atomic mass is 32.2. The second kappa shape index (κ2) is 7.51. The molecule has 1 fully saturated rings. The van der Waals surface area contributed by atoms with Gasteiger partial charge in [0.25, 0.3) is 0 Å². The summed E-state index contributed by atoms with van der Waals surface area (Å²) in [4.78, 5) is 1.96. The lowest BCUT2D eigenvalue weighted by molar-refractivity contribution is -0.917. The molecule has 5 heteroatoms. The van der Waals surface area contributed by atoms with Crippen LogP contribution in [0.3, 0.4) is 0 Å². The summed E-state index contributed by atoms with van der Waals surface area (Å²) >= 11 is 0. The summed E-state index contributed by atoms with van der Waals surface area (Å²) in [6, 6.07) is 12.5. The maximum atomic E-state index is 13.3. The number of hydrogen-bond acceptors (Lipinski definition) is 2. The molecule has 26 heavy (non-hydrogen) atoms. The minimum absolute atomic E-state index is 0.515. The van der Waals surface area contributed by atoms with Gasteiger partial charge in [0.15, 0.2) is 0 Å². The van der Waals surface area contributed by atoms with Crippen LogP contribution in [0.5, 0.6) is 0 Å². The topological polar surface area (TPSA) is 41.8 Å². The van der Waals surface area contributed by atoms with E-state index in [1.807, 2.05) is 33.8 Å². The maximum Gasteiger partial charge on any atom is 0.244 e. The molecule has 0 saturated carbocycles. The lowest BCUT2D eigenvalue weighted by Gasteiger charge is -2.32. The van der Waals surface area contributed by atoms with Gasteiger partial charge in [-0.15, -0.1) is 0 Å². The second-order valence-electron chi connectivity index (χ2n) is 7.41. The molecule has 1 aliphatic heterocycles. The van der Waals surface area contributed by atoms with Crippen LogP contribution in [0.2, 0.25) is 0 Å². The summed E-state index contributed by atoms with van der Waals surface area (Å²) < 4.78 is 28.3. The summed E-state index contributed by atoms with van der Waals surface area (Å²) in [5.74, 6) is 0. The number of nitrogens with one attached hydrogen (secondary N) is 1. The molecule has 1 N–H and O–H groups in total. The van der Waals surface area contributed by atoms with Crippen LogP contribution >= 0.6 is 0 Å². The molecule has 4 nitrogen and oxygen atoms in total. The number of rotatable bonds is 4. The fourth-order valence-electron chi connectivity index (χ4n) is 3.80. The van der Waals surface area contributed by atoms with E-state index in [0.717, 1.165) is 41.9 Å².